The summed E-state index contributed by atoms with van der Waals surface area (Å²) in [6.45, 7) is 10.7. The third-order valence-corrected chi connectivity index (χ3v) is 18.6. The molecule has 4 fully saturated rings. The smallest absolute Gasteiger partial charge is 0.507 e. The number of benzene rings is 2. The molecule has 16 nitrogen and oxygen atoms in total. The van der Waals surface area contributed by atoms with Crippen LogP contribution in [0.15, 0.2) is 36.4 Å². The van der Waals surface area contributed by atoms with Crippen LogP contribution in [0.1, 0.15) is 227 Å². The number of aliphatic carboxylic acids is 2. The van der Waals surface area contributed by atoms with E-state index < -0.39 is 71.3 Å². The van der Waals surface area contributed by atoms with E-state index in [1.807, 2.05) is 26.0 Å². The summed E-state index contributed by atoms with van der Waals surface area (Å²) in [6, 6.07) is 10.2. The van der Waals surface area contributed by atoms with Gasteiger partial charge in [0, 0.05) is 12.8 Å². The van der Waals surface area contributed by atoms with Crippen LogP contribution in [0.2, 0.25) is 0 Å². The molecule has 5 heterocycles. The number of cyclic esters (lactones) is 2. The van der Waals surface area contributed by atoms with Gasteiger partial charge in [0.05, 0.1) is 71.9 Å². The topological polar surface area (TPSA) is 245 Å². The number of hydrogen-bond acceptors (Lipinski definition) is 14. The number of carboxylic acids is 2. The Labute approximate surface area is 497 Å². The number of ether oxygens (including phenoxy) is 6. The second kappa shape index (κ2) is 31.0. The molecule has 0 radical (unpaired) electrons. The van der Waals surface area contributed by atoms with Crippen LogP contribution in [0.4, 0.5) is 0 Å². The molecule has 448 valence electrons. The van der Waals surface area contributed by atoms with E-state index >= 15 is 0 Å². The second-order valence-electron chi connectivity index (χ2n) is 25.7. The van der Waals surface area contributed by atoms with Gasteiger partial charge in [0.25, 0.3) is 0 Å². The Hall–Kier alpha value is -3.55. The molecule has 14 atom stereocenters. The average molecular weight is 1150 g/mol. The summed E-state index contributed by atoms with van der Waals surface area (Å²) in [7, 11) is 0. The molecule has 0 amide bonds. The van der Waals surface area contributed by atoms with Crippen molar-refractivity contribution in [1.82, 2.24) is 0 Å². The maximum absolute atomic E-state index is 14.4. The zero-order valence-electron chi connectivity index (χ0n) is 49.4. The number of esters is 2. The number of aromatic hydroxyl groups is 2. The van der Waals surface area contributed by atoms with Crippen LogP contribution in [0.25, 0.3) is 0 Å². The van der Waals surface area contributed by atoms with Gasteiger partial charge in [-0.05, 0) is 217 Å². The van der Waals surface area contributed by atoms with Crippen LogP contribution in [0, 0.1) is 22.7 Å². The molecular formula is C64H96MgO16+2. The molecule has 81 heavy (non-hydrogen) atoms. The molecule has 0 saturated carbocycles. The molecule has 7 rings (SSSR count). The molecule has 0 spiro atoms. The van der Waals surface area contributed by atoms with Gasteiger partial charge in [-0.2, -0.15) is 0 Å². The van der Waals surface area contributed by atoms with Crippen molar-refractivity contribution in [3.63, 3.8) is 0 Å². The van der Waals surface area contributed by atoms with Gasteiger partial charge in [-0.1, -0.05) is 38.1 Å². The van der Waals surface area contributed by atoms with Crippen molar-refractivity contribution in [2.75, 3.05) is 0 Å². The van der Waals surface area contributed by atoms with Gasteiger partial charge < -0.3 is 59.1 Å². The van der Waals surface area contributed by atoms with Crippen molar-refractivity contribution < 1.29 is 78.2 Å². The Kier molecular flexibility index (Phi) is 25.5. The number of phenols is 2. The molecule has 0 aliphatic carbocycles. The summed E-state index contributed by atoms with van der Waals surface area (Å²) < 4.78 is 38.9. The maximum Gasteiger partial charge on any atom is 2.00 e. The number of hydrogen-bond donors (Lipinski definition) is 6. The molecular weight excluding hydrogens is 1050 g/mol. The largest absolute Gasteiger partial charge is 2.00 e. The van der Waals surface area contributed by atoms with Crippen molar-refractivity contribution in [2.24, 2.45) is 22.7 Å². The van der Waals surface area contributed by atoms with Gasteiger partial charge in [-0.15, -0.1) is 0 Å². The Balaban J connectivity index is 0.0000106. The molecule has 4 saturated heterocycles. The molecule has 4 bridgehead atoms. The second-order valence-corrected chi connectivity index (χ2v) is 25.7. The summed E-state index contributed by atoms with van der Waals surface area (Å²) >= 11 is 0. The van der Waals surface area contributed by atoms with E-state index in [9.17, 15) is 49.8 Å². The van der Waals surface area contributed by atoms with Crippen LogP contribution in [0.3, 0.4) is 0 Å². The van der Waals surface area contributed by atoms with Gasteiger partial charge in [-0.25, -0.2) is 9.59 Å². The minimum atomic E-state index is -1.09. The van der Waals surface area contributed by atoms with Crippen LogP contribution in [-0.4, -0.2) is 151 Å². The van der Waals surface area contributed by atoms with E-state index in [4.69, 9.17) is 28.4 Å². The first-order valence-corrected chi connectivity index (χ1v) is 30.6. The van der Waals surface area contributed by atoms with E-state index in [0.717, 1.165) is 64.2 Å². The zero-order chi connectivity index (χ0) is 57.7. The molecule has 5 aliphatic heterocycles. The Morgan fingerprint density at radius 2 is 0.840 bits per heavy atom. The standard InChI is InChI=1S/C64H96O16.Mg/c1-39-31-33-47-23-11-21-45(75-47)19-8-16-42-18-10-28-52(68)58(42)60(70)80-54(38-44(66)36-50-26-14-30-56(78-50)64(5,6)62(73)74)40(2)32-34-48-24-12-22-46(76-48)20-7-15-41-17-9-27-51(67)57(41)59(69)79-53(39)37-43(65)35-49-25-13-29-55(77-49)63(3,4)61(71)72;/h9-10,17-18,27-28,39-40,43-50,53-56,65-68H,7-8,11-16,19-26,29-38H2,1-6H3,(H,71,72)(H,73,74);/q;+2/t39-,40-,43-,44-,45-,46+,47-,48+,49-,50-,53+,54+,55+,56+;/m0./s1. The van der Waals surface area contributed by atoms with Crippen LogP contribution in [-0.2, 0) is 50.9 Å². The average Bonchev–Trinajstić information content (AvgIpc) is 3.42. The molecule has 2 aromatic rings. The fraction of sp³-hybridized carbons (Fsp3) is 0.750. The van der Waals surface area contributed by atoms with E-state index in [2.05, 4.69) is 0 Å². The number of phenolic OH excluding ortho intramolecular Hbond substituents is 2. The molecule has 17 heteroatoms. The predicted octanol–water partition coefficient (Wildman–Crippen LogP) is 11.2. The van der Waals surface area contributed by atoms with Gasteiger partial charge in [0.2, 0.25) is 0 Å². The Bertz CT molecular complexity index is 2180. The fourth-order valence-electron chi connectivity index (χ4n) is 13.2. The van der Waals surface area contributed by atoms with Gasteiger partial charge in [-0.3, -0.25) is 9.59 Å². The van der Waals surface area contributed by atoms with Crippen LogP contribution >= 0.6 is 0 Å². The van der Waals surface area contributed by atoms with Gasteiger partial charge in [0.15, 0.2) is 0 Å². The van der Waals surface area contributed by atoms with Crippen molar-refractivity contribution in [3.05, 3.63) is 58.7 Å². The molecule has 2 aromatic carbocycles. The monoisotopic (exact) mass is 1140 g/mol. The van der Waals surface area contributed by atoms with E-state index in [1.165, 1.54) is 12.1 Å². The van der Waals surface area contributed by atoms with E-state index in [1.54, 1.807) is 39.8 Å². The normalized spacial score (nSPS) is 31.0. The SMILES string of the molecule is C[C@H]1CC[C@H]2CCC[C@@H](CCCc3cccc(O)c3C(=O)O[C@H](C[C@@H](O)C[C@@H]3CCC[C@H](C(C)(C)C(=O)O)O3)[C@@H](C)CC[C@@H]3CCC[C@H](CCCc4cccc(O)c4C(=O)O[C@@H]1C[C@@H](O)C[C@@H]1CCC[C@H](C(C)(C)C(=O)O)O1)O3)O2.[Mg+2]. The molecule has 0 unspecified atom stereocenters. The van der Waals surface area contributed by atoms with Crippen molar-refractivity contribution >= 4 is 46.9 Å². The Morgan fingerprint density at radius 1 is 0.494 bits per heavy atom. The predicted molar refractivity (Wildman–Crippen MR) is 306 cm³/mol. The first-order chi connectivity index (χ1) is 38.1. The van der Waals surface area contributed by atoms with E-state index in [-0.39, 0.29) is 120 Å². The summed E-state index contributed by atoms with van der Waals surface area (Å²) in [5.41, 5.74) is -0.609. The summed E-state index contributed by atoms with van der Waals surface area (Å²) in [4.78, 5) is 53.1. The summed E-state index contributed by atoms with van der Waals surface area (Å²) in [6.07, 6.45) is 11.7. The van der Waals surface area contributed by atoms with E-state index in [0.29, 0.717) is 88.2 Å². The van der Waals surface area contributed by atoms with Crippen molar-refractivity contribution in [2.45, 2.75) is 282 Å². The van der Waals surface area contributed by atoms with Crippen molar-refractivity contribution in [3.8, 4) is 11.5 Å². The molecule has 5 aliphatic rings. The third-order valence-electron chi connectivity index (χ3n) is 18.6. The van der Waals surface area contributed by atoms with Gasteiger partial charge >= 0.3 is 46.9 Å². The Morgan fingerprint density at radius 3 is 1.21 bits per heavy atom. The number of carbonyl (C=O) groups excluding carboxylic acids is 2. The first-order valence-electron chi connectivity index (χ1n) is 30.6. The molecule has 0 aromatic heterocycles. The maximum atomic E-state index is 14.4. The van der Waals surface area contributed by atoms with Crippen molar-refractivity contribution in [1.29, 1.82) is 0 Å². The molecule has 6 N–H and O–H groups in total. The summed E-state index contributed by atoms with van der Waals surface area (Å²) in [5, 5.41) is 65.8. The first kappa shape index (κ1) is 66.6. The number of aliphatic hydroxyl groups excluding tert-OH is 2. The van der Waals surface area contributed by atoms with Crippen LogP contribution in [0.5, 0.6) is 11.5 Å². The summed E-state index contributed by atoms with van der Waals surface area (Å²) in [5.74, 6) is -3.90. The number of aryl methyl sites for hydroxylation is 2. The minimum absolute atomic E-state index is 0. The van der Waals surface area contributed by atoms with Gasteiger partial charge in [0.1, 0.15) is 34.8 Å². The third kappa shape index (κ3) is 18.7. The quantitative estimate of drug-likeness (QED) is 0.0855. The fourth-order valence-corrected chi connectivity index (χ4v) is 13.2. The number of rotatable bonds is 12. The number of carboxylic acid groups (broad SMARTS) is 2. The zero-order valence-corrected chi connectivity index (χ0v) is 50.8. The number of carbonyl (C=O) groups is 4. The number of aliphatic hydroxyl groups is 2. The number of fused-ring (bicyclic) bond motifs is 6. The minimum Gasteiger partial charge on any atom is -0.507 e. The van der Waals surface area contributed by atoms with Crippen LogP contribution < -0.4 is 0 Å².